The Morgan fingerprint density at radius 3 is 2.62 bits per heavy atom. The van der Waals surface area contributed by atoms with Gasteiger partial charge in [-0.3, -0.25) is 15.0 Å². The van der Waals surface area contributed by atoms with E-state index in [4.69, 9.17) is 26.5 Å². The lowest BCUT2D eigenvalue weighted by molar-refractivity contribution is -0.142. The number of nitrogens with two attached hydrogens (primary N) is 2. The quantitative estimate of drug-likeness (QED) is 0.142. The number of anilines is 1. The Balaban J connectivity index is 1.31. The molecule has 0 aliphatic carbocycles. The van der Waals surface area contributed by atoms with Gasteiger partial charge in [-0.2, -0.15) is 0 Å². The largest absolute Gasteiger partial charge is 0.467 e. The molecule has 12 nitrogen and oxygen atoms in total. The number of ether oxygens (including phenoxy) is 1. The van der Waals surface area contributed by atoms with Crippen molar-refractivity contribution in [3.8, 4) is 0 Å². The molecule has 2 unspecified atom stereocenters. The van der Waals surface area contributed by atoms with Crippen molar-refractivity contribution in [2.45, 2.75) is 25.0 Å². The summed E-state index contributed by atoms with van der Waals surface area (Å²) in [6, 6.07) is 13.0. The normalized spacial score (nSPS) is 15.4. The summed E-state index contributed by atoms with van der Waals surface area (Å²) in [4.78, 5) is 46.0. The second-order valence-corrected chi connectivity index (χ2v) is 8.48. The number of methoxy groups -OCH3 is 1. The third kappa shape index (κ3) is 5.69. The minimum atomic E-state index is -1.14. The average Bonchev–Trinajstić information content (AvgIpc) is 3.50. The van der Waals surface area contributed by atoms with Crippen LogP contribution in [0.25, 0.3) is 10.9 Å². The van der Waals surface area contributed by atoms with E-state index >= 15 is 0 Å². The molecule has 2 amide bonds. The zero-order valence-corrected chi connectivity index (χ0v) is 20.0. The van der Waals surface area contributed by atoms with Gasteiger partial charge in [0.25, 0.3) is 5.91 Å². The van der Waals surface area contributed by atoms with Gasteiger partial charge in [0.05, 0.1) is 24.9 Å². The lowest BCUT2D eigenvalue weighted by Gasteiger charge is -2.17. The first-order valence-electron chi connectivity index (χ1n) is 11.5. The number of benzene rings is 2. The molecule has 1 aliphatic heterocycles. The molecule has 0 fully saturated rings. The van der Waals surface area contributed by atoms with E-state index in [0.29, 0.717) is 28.6 Å². The third-order valence-electron chi connectivity index (χ3n) is 5.94. The predicted octanol–water partition coefficient (Wildman–Crippen LogP) is 1.01. The highest BCUT2D eigenvalue weighted by atomic mass is 16.6. The molecule has 2 heterocycles. The summed E-state index contributed by atoms with van der Waals surface area (Å²) in [5, 5.41) is 17.4. The number of amides is 2. The van der Waals surface area contributed by atoms with Crippen molar-refractivity contribution >= 4 is 45.9 Å². The van der Waals surface area contributed by atoms with E-state index in [2.05, 4.69) is 20.8 Å². The summed E-state index contributed by atoms with van der Waals surface area (Å²) in [6.45, 7) is -0.190. The monoisotopic (exact) mass is 505 g/mol. The molecular weight excluding hydrogens is 478 g/mol. The summed E-state index contributed by atoms with van der Waals surface area (Å²) in [5.41, 5.74) is 14.7. The van der Waals surface area contributed by atoms with E-state index in [-0.39, 0.29) is 36.1 Å². The van der Waals surface area contributed by atoms with Crippen molar-refractivity contribution in [3.05, 3.63) is 65.4 Å². The summed E-state index contributed by atoms with van der Waals surface area (Å²) in [5.74, 6) is -1.75. The molecular formula is C25H27N7O5. The Morgan fingerprint density at radius 1 is 1.22 bits per heavy atom. The van der Waals surface area contributed by atoms with E-state index in [1.54, 1.807) is 48.5 Å². The highest BCUT2D eigenvalue weighted by molar-refractivity contribution is 6.08. The molecule has 0 saturated heterocycles. The van der Waals surface area contributed by atoms with Crippen LogP contribution < -0.4 is 22.1 Å². The Morgan fingerprint density at radius 2 is 1.95 bits per heavy atom. The molecule has 1 aliphatic rings. The first-order valence-corrected chi connectivity index (χ1v) is 11.5. The maximum atomic E-state index is 12.8. The fourth-order valence-electron chi connectivity index (χ4n) is 3.95. The van der Waals surface area contributed by atoms with Gasteiger partial charge in [-0.25, -0.2) is 4.79 Å². The molecule has 8 N–H and O–H groups in total. The van der Waals surface area contributed by atoms with Crippen LogP contribution in [0, 0.1) is 5.41 Å². The van der Waals surface area contributed by atoms with Crippen molar-refractivity contribution in [2.75, 3.05) is 19.4 Å². The average molecular weight is 506 g/mol. The number of amidine groups is 1. The third-order valence-corrected chi connectivity index (χ3v) is 5.94. The van der Waals surface area contributed by atoms with Crippen molar-refractivity contribution in [1.29, 1.82) is 5.41 Å². The Kier molecular flexibility index (Phi) is 7.37. The van der Waals surface area contributed by atoms with Crippen LogP contribution in [0.2, 0.25) is 0 Å². The Labute approximate surface area is 211 Å². The van der Waals surface area contributed by atoms with Gasteiger partial charge in [-0.15, -0.1) is 0 Å². The number of oxime groups is 1. The van der Waals surface area contributed by atoms with Crippen molar-refractivity contribution < 1.29 is 24.0 Å². The number of aromatic amines is 1. The molecule has 37 heavy (non-hydrogen) atoms. The number of H-pyrrole nitrogens is 1. The molecule has 0 spiro atoms. The van der Waals surface area contributed by atoms with Gasteiger partial charge < -0.3 is 36.7 Å². The highest BCUT2D eigenvalue weighted by Crippen LogP contribution is 2.24. The van der Waals surface area contributed by atoms with Crippen LogP contribution in [0.1, 0.15) is 34.5 Å². The molecule has 0 bridgehead atoms. The fraction of sp³-hybridized carbons (Fsp3) is 0.240. The minimum Gasteiger partial charge on any atom is -0.467 e. The number of nitrogens with zero attached hydrogens (tertiary/aromatic N) is 1. The van der Waals surface area contributed by atoms with Crippen LogP contribution in [0.3, 0.4) is 0 Å². The number of esters is 1. The van der Waals surface area contributed by atoms with E-state index in [9.17, 15) is 14.4 Å². The number of fused-ring (bicyclic) bond motifs is 1. The standard InChI is InChI=1S/C25H27N7O5/c1-36-25(35)19(31-24(34)22-21(26)16-4-2-3-5-17(16)30-22)12-29-20(33)11-15-10-18(32-37-15)13-6-8-14(9-7-13)23(27)28/h2-9,15,19,30H,10-12,26H2,1H3,(H3,27,28)(H,29,33)(H,31,34). The van der Waals surface area contributed by atoms with Crippen molar-refractivity contribution in [3.63, 3.8) is 0 Å². The van der Waals surface area contributed by atoms with Gasteiger partial charge in [0.1, 0.15) is 23.7 Å². The fourth-order valence-corrected chi connectivity index (χ4v) is 3.95. The lowest BCUT2D eigenvalue weighted by atomic mass is 10.0. The maximum Gasteiger partial charge on any atom is 0.330 e. The zero-order valence-electron chi connectivity index (χ0n) is 20.0. The Hall–Kier alpha value is -4.87. The molecule has 2 aromatic carbocycles. The summed E-state index contributed by atoms with van der Waals surface area (Å²) < 4.78 is 4.78. The highest BCUT2D eigenvalue weighted by Gasteiger charge is 2.28. The summed E-state index contributed by atoms with van der Waals surface area (Å²) in [7, 11) is 1.19. The van der Waals surface area contributed by atoms with Crippen LogP contribution in [0.5, 0.6) is 0 Å². The second-order valence-electron chi connectivity index (χ2n) is 8.48. The van der Waals surface area contributed by atoms with Crippen molar-refractivity contribution in [1.82, 2.24) is 15.6 Å². The number of nitrogen functional groups attached to an aromatic ring is 2. The van der Waals surface area contributed by atoms with E-state index < -0.39 is 24.0 Å². The molecule has 12 heteroatoms. The number of aromatic nitrogens is 1. The van der Waals surface area contributed by atoms with Gasteiger partial charge in [-0.05, 0) is 11.6 Å². The molecule has 0 saturated carbocycles. The first kappa shape index (κ1) is 25.2. The van der Waals surface area contributed by atoms with Crippen LogP contribution in [0.15, 0.2) is 53.7 Å². The maximum absolute atomic E-state index is 12.8. The van der Waals surface area contributed by atoms with Gasteiger partial charge in [0.15, 0.2) is 0 Å². The smallest absolute Gasteiger partial charge is 0.330 e. The number of rotatable bonds is 9. The van der Waals surface area contributed by atoms with Gasteiger partial charge in [-0.1, -0.05) is 47.6 Å². The first-order chi connectivity index (χ1) is 17.8. The van der Waals surface area contributed by atoms with Crippen molar-refractivity contribution in [2.24, 2.45) is 10.9 Å². The number of hydrogen-bond donors (Lipinski definition) is 6. The SMILES string of the molecule is COC(=O)C(CNC(=O)CC1CC(c2ccc(C(=N)N)cc2)=NO1)NC(=O)c1[nH]c2ccccc2c1N. The topological polar surface area (TPSA) is 198 Å². The molecule has 192 valence electrons. The molecule has 1 aromatic heterocycles. The van der Waals surface area contributed by atoms with Crippen LogP contribution in [-0.2, 0) is 19.2 Å². The van der Waals surface area contributed by atoms with Crippen LogP contribution in [-0.4, -0.2) is 60.1 Å². The summed E-state index contributed by atoms with van der Waals surface area (Å²) >= 11 is 0. The van der Waals surface area contributed by atoms with Gasteiger partial charge >= 0.3 is 5.97 Å². The minimum absolute atomic E-state index is 0.00463. The predicted molar refractivity (Wildman–Crippen MR) is 137 cm³/mol. The van der Waals surface area contributed by atoms with Crippen LogP contribution in [0.4, 0.5) is 5.69 Å². The zero-order chi connectivity index (χ0) is 26.5. The number of nitrogens with one attached hydrogen (secondary N) is 4. The number of carbonyl (C=O) groups is 3. The molecule has 3 aromatic rings. The second kappa shape index (κ2) is 10.8. The van der Waals surface area contributed by atoms with Gasteiger partial charge in [0.2, 0.25) is 5.91 Å². The number of carbonyl (C=O) groups excluding carboxylic acids is 3. The van der Waals surface area contributed by atoms with Crippen LogP contribution >= 0.6 is 0 Å². The van der Waals surface area contributed by atoms with E-state index in [1.807, 2.05) is 0 Å². The van der Waals surface area contributed by atoms with E-state index in [1.165, 1.54) is 7.11 Å². The van der Waals surface area contributed by atoms with E-state index in [0.717, 1.165) is 5.56 Å². The Bertz CT molecular complexity index is 1380. The van der Waals surface area contributed by atoms with Gasteiger partial charge in [0, 0.05) is 29.4 Å². The molecule has 0 radical (unpaired) electrons. The molecule has 4 rings (SSSR count). The number of hydrogen-bond acceptors (Lipinski definition) is 8. The lowest BCUT2D eigenvalue weighted by Crippen LogP contribution is -2.49. The number of para-hydroxylation sites is 1. The molecule has 2 atom stereocenters. The summed E-state index contributed by atoms with van der Waals surface area (Å²) in [6.07, 6.45) is -0.0845.